The molecule has 1 saturated heterocycles. The summed E-state index contributed by atoms with van der Waals surface area (Å²) in [5.74, 6) is -0.644. The van der Waals surface area contributed by atoms with E-state index in [4.69, 9.17) is 0 Å². The summed E-state index contributed by atoms with van der Waals surface area (Å²) in [5.41, 5.74) is 1.28. The number of amides is 4. The predicted octanol–water partition coefficient (Wildman–Crippen LogP) is 3.57. The van der Waals surface area contributed by atoms with Gasteiger partial charge in [0.05, 0.1) is 6.42 Å². The highest BCUT2D eigenvalue weighted by Gasteiger charge is 2.31. The molecule has 2 atom stereocenters. The molecule has 34 heavy (non-hydrogen) atoms. The molecule has 4 amide bonds. The average Bonchev–Trinajstić information content (AvgIpc) is 2.81. The number of hydrogen-bond acceptors (Lipinski definition) is 3. The fourth-order valence-corrected chi connectivity index (χ4v) is 4.13. The van der Waals surface area contributed by atoms with Crippen molar-refractivity contribution in [2.75, 3.05) is 25.0 Å². The van der Waals surface area contributed by atoms with Crippen LogP contribution in [0, 0.1) is 17.7 Å². The van der Waals surface area contributed by atoms with Crippen molar-refractivity contribution in [3.05, 3.63) is 66.0 Å². The summed E-state index contributed by atoms with van der Waals surface area (Å²) in [6.07, 6.45) is 1.94. The number of piperidine rings is 1. The molecule has 182 valence electrons. The quantitative estimate of drug-likeness (QED) is 0.553. The van der Waals surface area contributed by atoms with Crippen LogP contribution in [0.15, 0.2) is 54.6 Å². The minimum atomic E-state index is -0.598. The van der Waals surface area contributed by atoms with Crippen molar-refractivity contribution < 1.29 is 18.8 Å². The zero-order chi connectivity index (χ0) is 24.5. The largest absolute Gasteiger partial charge is 0.344 e. The molecule has 0 radical (unpaired) electrons. The monoisotopic (exact) mass is 468 g/mol. The molecular weight excluding hydrogens is 435 g/mol. The fraction of sp³-hybridized carbons (Fsp3) is 0.423. The molecule has 0 aliphatic carbocycles. The van der Waals surface area contributed by atoms with Crippen molar-refractivity contribution >= 4 is 23.5 Å². The van der Waals surface area contributed by atoms with Gasteiger partial charge in [-0.3, -0.25) is 9.59 Å². The molecule has 7 nitrogen and oxygen atoms in total. The molecular formula is C26H33FN4O3. The third-order valence-corrected chi connectivity index (χ3v) is 5.92. The Labute approximate surface area is 200 Å². The number of likely N-dealkylation sites (tertiary alicyclic amines) is 1. The Kier molecular flexibility index (Phi) is 9.01. The molecule has 2 aromatic carbocycles. The molecule has 1 heterocycles. The van der Waals surface area contributed by atoms with Gasteiger partial charge >= 0.3 is 6.03 Å². The Morgan fingerprint density at radius 3 is 2.56 bits per heavy atom. The topological polar surface area (TPSA) is 90.5 Å². The van der Waals surface area contributed by atoms with Crippen LogP contribution in [0.5, 0.6) is 0 Å². The first-order valence-corrected chi connectivity index (χ1v) is 11.7. The van der Waals surface area contributed by atoms with Crippen molar-refractivity contribution in [2.24, 2.45) is 11.8 Å². The van der Waals surface area contributed by atoms with Gasteiger partial charge in [0.25, 0.3) is 0 Å². The van der Waals surface area contributed by atoms with E-state index in [1.807, 2.05) is 44.2 Å². The number of carbonyl (C=O) groups is 3. The smallest absolute Gasteiger partial charge is 0.319 e. The molecule has 3 rings (SSSR count). The maximum absolute atomic E-state index is 13.3. The molecule has 3 N–H and O–H groups in total. The molecule has 0 saturated carbocycles. The molecule has 1 fully saturated rings. The van der Waals surface area contributed by atoms with Gasteiger partial charge in [0.1, 0.15) is 11.9 Å². The van der Waals surface area contributed by atoms with Crippen LogP contribution in [0.25, 0.3) is 0 Å². The van der Waals surface area contributed by atoms with Gasteiger partial charge in [-0.2, -0.15) is 0 Å². The predicted molar refractivity (Wildman–Crippen MR) is 130 cm³/mol. The lowest BCUT2D eigenvalue weighted by molar-refractivity contribution is -0.139. The standard InChI is InChI=1S/C26H33FN4O3/c1-18(2)24(30-23(32)14-19-8-4-3-5-9-19)25(33)31-13-7-10-20(17-31)16-28-26(34)29-22-12-6-11-21(27)15-22/h3-6,8-9,11-12,15,18,20,24H,7,10,13-14,16-17H2,1-2H3,(H,30,32)(H2,28,29,34)/t20-,24-/m0/s1. The van der Waals surface area contributed by atoms with Crippen molar-refractivity contribution in [3.63, 3.8) is 0 Å². The number of urea groups is 1. The fourth-order valence-electron chi connectivity index (χ4n) is 4.13. The number of hydrogen-bond donors (Lipinski definition) is 3. The van der Waals surface area contributed by atoms with Gasteiger partial charge in [-0.05, 0) is 48.4 Å². The lowest BCUT2D eigenvalue weighted by Gasteiger charge is -2.36. The van der Waals surface area contributed by atoms with Crippen molar-refractivity contribution in [2.45, 2.75) is 39.2 Å². The summed E-state index contributed by atoms with van der Waals surface area (Å²) in [4.78, 5) is 39.8. The average molecular weight is 469 g/mol. The number of halogens is 1. The lowest BCUT2D eigenvalue weighted by Crippen LogP contribution is -2.54. The van der Waals surface area contributed by atoms with Crippen molar-refractivity contribution in [1.82, 2.24) is 15.5 Å². The maximum Gasteiger partial charge on any atom is 0.319 e. The molecule has 1 aliphatic rings. The second kappa shape index (κ2) is 12.2. The summed E-state index contributed by atoms with van der Waals surface area (Å²) >= 11 is 0. The van der Waals surface area contributed by atoms with E-state index in [-0.39, 0.29) is 30.1 Å². The van der Waals surface area contributed by atoms with Crippen LogP contribution < -0.4 is 16.0 Å². The molecule has 2 aromatic rings. The van der Waals surface area contributed by atoms with Gasteiger partial charge in [0.15, 0.2) is 0 Å². The summed E-state index contributed by atoms with van der Waals surface area (Å²) < 4.78 is 13.3. The van der Waals surface area contributed by atoms with Gasteiger partial charge in [-0.1, -0.05) is 50.2 Å². The van der Waals surface area contributed by atoms with Crippen LogP contribution in [0.2, 0.25) is 0 Å². The highest BCUT2D eigenvalue weighted by atomic mass is 19.1. The normalized spacial score (nSPS) is 16.6. The third-order valence-electron chi connectivity index (χ3n) is 5.92. The number of nitrogens with one attached hydrogen (secondary N) is 3. The van der Waals surface area contributed by atoms with E-state index in [0.717, 1.165) is 18.4 Å². The summed E-state index contributed by atoms with van der Waals surface area (Å²) in [6.45, 7) is 5.38. The number of benzene rings is 2. The summed E-state index contributed by atoms with van der Waals surface area (Å²) in [5, 5.41) is 8.34. The number of anilines is 1. The van der Waals surface area contributed by atoms with E-state index in [9.17, 15) is 18.8 Å². The Hall–Kier alpha value is -3.42. The maximum atomic E-state index is 13.3. The van der Waals surface area contributed by atoms with Crippen LogP contribution in [0.3, 0.4) is 0 Å². The van der Waals surface area contributed by atoms with Crippen LogP contribution in [0.1, 0.15) is 32.3 Å². The first-order valence-electron chi connectivity index (χ1n) is 11.7. The molecule has 0 unspecified atom stereocenters. The van der Waals surface area contributed by atoms with Crippen LogP contribution in [0.4, 0.5) is 14.9 Å². The Morgan fingerprint density at radius 1 is 1.09 bits per heavy atom. The van der Waals surface area contributed by atoms with E-state index >= 15 is 0 Å². The number of carbonyl (C=O) groups excluding carboxylic acids is 3. The van der Waals surface area contributed by atoms with Gasteiger partial charge < -0.3 is 20.9 Å². The third kappa shape index (κ3) is 7.57. The lowest BCUT2D eigenvalue weighted by atomic mass is 9.95. The molecule has 0 spiro atoms. The Morgan fingerprint density at radius 2 is 1.85 bits per heavy atom. The minimum Gasteiger partial charge on any atom is -0.344 e. The van der Waals surface area contributed by atoms with E-state index < -0.39 is 17.9 Å². The molecule has 0 aromatic heterocycles. The molecule has 0 bridgehead atoms. The number of nitrogens with zero attached hydrogens (tertiary/aromatic N) is 1. The first-order chi connectivity index (χ1) is 16.3. The number of rotatable bonds is 8. The van der Waals surface area contributed by atoms with Crippen LogP contribution in [-0.4, -0.2) is 48.4 Å². The van der Waals surface area contributed by atoms with Gasteiger partial charge in [-0.25, -0.2) is 9.18 Å². The first kappa shape index (κ1) is 25.2. The van der Waals surface area contributed by atoms with E-state index in [1.165, 1.54) is 18.2 Å². The second-order valence-electron chi connectivity index (χ2n) is 9.09. The van der Waals surface area contributed by atoms with Crippen molar-refractivity contribution in [1.29, 1.82) is 0 Å². The zero-order valence-electron chi connectivity index (χ0n) is 19.7. The zero-order valence-corrected chi connectivity index (χ0v) is 19.7. The summed E-state index contributed by atoms with van der Waals surface area (Å²) in [6, 6.07) is 14.1. The van der Waals surface area contributed by atoms with Crippen LogP contribution in [-0.2, 0) is 16.0 Å². The highest BCUT2D eigenvalue weighted by Crippen LogP contribution is 2.19. The molecule has 8 heteroatoms. The van der Waals surface area contributed by atoms with Crippen LogP contribution >= 0.6 is 0 Å². The molecule has 1 aliphatic heterocycles. The Bertz CT molecular complexity index is 983. The van der Waals surface area contributed by atoms with Gasteiger partial charge in [-0.15, -0.1) is 0 Å². The second-order valence-corrected chi connectivity index (χ2v) is 9.09. The van der Waals surface area contributed by atoms with E-state index in [1.54, 1.807) is 11.0 Å². The van der Waals surface area contributed by atoms with Crippen molar-refractivity contribution in [3.8, 4) is 0 Å². The highest BCUT2D eigenvalue weighted by molar-refractivity contribution is 5.89. The van der Waals surface area contributed by atoms with E-state index in [0.29, 0.717) is 25.3 Å². The summed E-state index contributed by atoms with van der Waals surface area (Å²) in [7, 11) is 0. The van der Waals surface area contributed by atoms with E-state index in [2.05, 4.69) is 16.0 Å². The Balaban J connectivity index is 1.51. The van der Waals surface area contributed by atoms with Gasteiger partial charge in [0.2, 0.25) is 11.8 Å². The minimum absolute atomic E-state index is 0.0530. The van der Waals surface area contributed by atoms with Gasteiger partial charge in [0, 0.05) is 25.3 Å². The SMILES string of the molecule is CC(C)[C@H](NC(=O)Cc1ccccc1)C(=O)N1CCC[C@@H](CNC(=O)Nc2cccc(F)c2)C1.